The third kappa shape index (κ3) is 8.47. The van der Waals surface area contributed by atoms with Gasteiger partial charge in [-0.1, -0.05) is 11.6 Å². The van der Waals surface area contributed by atoms with Gasteiger partial charge in [0.05, 0.1) is 17.3 Å². The summed E-state index contributed by atoms with van der Waals surface area (Å²) in [6.07, 6.45) is -4.96. The number of nitrogens with zero attached hydrogens (tertiary/aromatic N) is 3. The van der Waals surface area contributed by atoms with Crippen molar-refractivity contribution in [2.75, 3.05) is 13.2 Å². The molecule has 10 nitrogen and oxygen atoms in total. The predicted octanol–water partition coefficient (Wildman–Crippen LogP) is 3.81. The SMILES string of the molecule is Cn1nc(CNC(=O)[C@@H]2CCC(NC(=O)COc3ccc(Cl)c(F)c3)CN2C(=O)OC(C)(C)C)cc1C(F)(F)F. The van der Waals surface area contributed by atoms with Gasteiger partial charge in [0.1, 0.15) is 28.9 Å². The molecule has 15 heteroatoms. The van der Waals surface area contributed by atoms with E-state index in [0.29, 0.717) is 11.1 Å². The molecule has 0 spiro atoms. The number of alkyl halides is 3. The van der Waals surface area contributed by atoms with E-state index in [9.17, 15) is 31.9 Å². The number of hydrogen-bond donors (Lipinski definition) is 2. The Morgan fingerprint density at radius 1 is 1.15 bits per heavy atom. The number of aryl methyl sites for hydroxylation is 1. The van der Waals surface area contributed by atoms with Crippen LogP contribution in [0.25, 0.3) is 0 Å². The van der Waals surface area contributed by atoms with Gasteiger partial charge in [-0.2, -0.15) is 18.3 Å². The van der Waals surface area contributed by atoms with Gasteiger partial charge in [0.2, 0.25) is 5.91 Å². The largest absolute Gasteiger partial charge is 0.484 e. The first-order chi connectivity index (χ1) is 18.5. The maximum atomic E-state index is 13.6. The number of carbonyl (C=O) groups excluding carboxylic acids is 3. The number of piperidine rings is 1. The first-order valence-electron chi connectivity index (χ1n) is 12.3. The van der Waals surface area contributed by atoms with Crippen LogP contribution in [0.2, 0.25) is 5.02 Å². The smallest absolute Gasteiger partial charge is 0.433 e. The molecule has 0 radical (unpaired) electrons. The fourth-order valence-electron chi connectivity index (χ4n) is 4.04. The summed E-state index contributed by atoms with van der Waals surface area (Å²) in [5.41, 5.74) is -1.85. The Bertz CT molecular complexity index is 1250. The van der Waals surface area contributed by atoms with Crippen LogP contribution in [-0.2, 0) is 34.1 Å². The van der Waals surface area contributed by atoms with E-state index in [1.54, 1.807) is 20.8 Å². The fraction of sp³-hybridized carbons (Fsp3) is 0.520. The molecular weight excluding hydrogens is 562 g/mol. The van der Waals surface area contributed by atoms with Gasteiger partial charge in [-0.15, -0.1) is 0 Å². The number of amides is 3. The Labute approximate surface area is 232 Å². The molecule has 1 aromatic heterocycles. The third-order valence-corrected chi connectivity index (χ3v) is 6.11. The highest BCUT2D eigenvalue weighted by molar-refractivity contribution is 6.30. The van der Waals surface area contributed by atoms with Crippen molar-refractivity contribution < 1.29 is 41.4 Å². The minimum atomic E-state index is -4.60. The first-order valence-corrected chi connectivity index (χ1v) is 12.7. The molecule has 0 saturated carbocycles. The summed E-state index contributed by atoms with van der Waals surface area (Å²) in [7, 11) is 1.15. The average molecular weight is 592 g/mol. The lowest BCUT2D eigenvalue weighted by Gasteiger charge is -2.39. The second kappa shape index (κ2) is 12.3. The molecule has 0 aliphatic carbocycles. The first kappa shape index (κ1) is 31.0. The van der Waals surface area contributed by atoms with Crippen LogP contribution in [0.1, 0.15) is 45.0 Å². The molecular formula is C25H30ClF4N5O5. The Balaban J connectivity index is 1.63. The van der Waals surface area contributed by atoms with Crippen LogP contribution < -0.4 is 15.4 Å². The number of aromatic nitrogens is 2. The molecule has 2 atom stereocenters. The molecule has 3 amide bonds. The lowest BCUT2D eigenvalue weighted by Crippen LogP contribution is -2.59. The van der Waals surface area contributed by atoms with Gasteiger partial charge in [0, 0.05) is 25.7 Å². The third-order valence-electron chi connectivity index (χ3n) is 5.80. The minimum Gasteiger partial charge on any atom is -0.484 e. The Morgan fingerprint density at radius 2 is 1.85 bits per heavy atom. The number of benzene rings is 1. The predicted molar refractivity (Wildman–Crippen MR) is 135 cm³/mol. The van der Waals surface area contributed by atoms with Crippen molar-refractivity contribution in [3.63, 3.8) is 0 Å². The van der Waals surface area contributed by atoms with E-state index >= 15 is 0 Å². The second-order valence-corrected chi connectivity index (χ2v) is 10.6. The summed E-state index contributed by atoms with van der Waals surface area (Å²) < 4.78 is 64.2. The summed E-state index contributed by atoms with van der Waals surface area (Å²) in [6.45, 7) is 4.16. The topological polar surface area (TPSA) is 115 Å². The van der Waals surface area contributed by atoms with Gasteiger partial charge in [-0.3, -0.25) is 19.2 Å². The van der Waals surface area contributed by atoms with E-state index in [-0.39, 0.29) is 36.0 Å². The quantitative estimate of drug-likeness (QED) is 0.473. The highest BCUT2D eigenvalue weighted by atomic mass is 35.5. The molecule has 1 aliphatic rings. The van der Waals surface area contributed by atoms with Gasteiger partial charge in [-0.05, 0) is 51.8 Å². The van der Waals surface area contributed by atoms with Crippen molar-refractivity contribution in [2.45, 2.75) is 64.0 Å². The molecule has 2 heterocycles. The Hall–Kier alpha value is -3.55. The zero-order valence-electron chi connectivity index (χ0n) is 22.3. The lowest BCUT2D eigenvalue weighted by molar-refractivity contribution is -0.143. The summed E-state index contributed by atoms with van der Waals surface area (Å²) in [6, 6.07) is 3.01. The number of rotatable bonds is 7. The molecule has 40 heavy (non-hydrogen) atoms. The van der Waals surface area contributed by atoms with Gasteiger partial charge in [0.15, 0.2) is 6.61 Å². The summed E-state index contributed by atoms with van der Waals surface area (Å²) >= 11 is 5.63. The molecule has 1 aromatic carbocycles. The van der Waals surface area contributed by atoms with Crippen LogP contribution in [-0.4, -0.2) is 63.4 Å². The van der Waals surface area contributed by atoms with Crippen molar-refractivity contribution in [1.29, 1.82) is 0 Å². The normalized spacial score (nSPS) is 17.8. The van der Waals surface area contributed by atoms with E-state index in [2.05, 4.69) is 15.7 Å². The highest BCUT2D eigenvalue weighted by Crippen LogP contribution is 2.29. The number of carbonyl (C=O) groups is 3. The van der Waals surface area contributed by atoms with Crippen molar-refractivity contribution in [3.8, 4) is 5.75 Å². The maximum absolute atomic E-state index is 13.6. The van der Waals surface area contributed by atoms with E-state index < -0.39 is 59.9 Å². The maximum Gasteiger partial charge on any atom is 0.433 e. The number of nitrogens with one attached hydrogen (secondary N) is 2. The number of halogens is 5. The van der Waals surface area contributed by atoms with Crippen LogP contribution in [0.15, 0.2) is 24.3 Å². The molecule has 2 aromatic rings. The minimum absolute atomic E-state index is 0.00601. The summed E-state index contributed by atoms with van der Waals surface area (Å²) in [4.78, 5) is 39.6. The zero-order chi connectivity index (χ0) is 29.8. The molecule has 220 valence electrons. The lowest BCUT2D eigenvalue weighted by atomic mass is 9.97. The Morgan fingerprint density at radius 3 is 2.45 bits per heavy atom. The molecule has 2 N–H and O–H groups in total. The monoisotopic (exact) mass is 591 g/mol. The average Bonchev–Trinajstić information content (AvgIpc) is 3.23. The van der Waals surface area contributed by atoms with Gasteiger partial charge in [-0.25, -0.2) is 9.18 Å². The second-order valence-electron chi connectivity index (χ2n) is 10.2. The molecule has 1 unspecified atom stereocenters. The van der Waals surface area contributed by atoms with Crippen molar-refractivity contribution >= 4 is 29.5 Å². The fourth-order valence-corrected chi connectivity index (χ4v) is 4.16. The van der Waals surface area contributed by atoms with Crippen LogP contribution in [0.5, 0.6) is 5.75 Å². The summed E-state index contributed by atoms with van der Waals surface area (Å²) in [5.74, 6) is -1.75. The van der Waals surface area contributed by atoms with E-state index in [1.165, 1.54) is 17.0 Å². The van der Waals surface area contributed by atoms with Gasteiger partial charge >= 0.3 is 12.3 Å². The molecule has 1 fully saturated rings. The molecule has 0 bridgehead atoms. The Kier molecular flexibility index (Phi) is 9.54. The molecule has 1 aliphatic heterocycles. The number of likely N-dealkylation sites (tertiary alicyclic amines) is 1. The standard InChI is InChI=1S/C25H30ClF4N5O5/c1-24(2,3)40-23(38)35-12-14(32-21(36)13-39-16-6-7-17(26)18(27)10-16)5-8-19(35)22(37)31-11-15-9-20(25(28,29)30)34(4)33-15/h6-7,9-10,14,19H,5,8,11-13H2,1-4H3,(H,31,37)(H,32,36)/t14?,19-/m0/s1. The summed E-state index contributed by atoms with van der Waals surface area (Å²) in [5, 5.41) is 8.94. The van der Waals surface area contributed by atoms with Crippen LogP contribution >= 0.6 is 11.6 Å². The van der Waals surface area contributed by atoms with Crippen molar-refractivity contribution in [3.05, 3.63) is 46.5 Å². The van der Waals surface area contributed by atoms with E-state index in [0.717, 1.165) is 19.2 Å². The zero-order valence-corrected chi connectivity index (χ0v) is 23.0. The van der Waals surface area contributed by atoms with E-state index in [4.69, 9.17) is 21.1 Å². The molecule has 1 saturated heterocycles. The van der Waals surface area contributed by atoms with Gasteiger partial charge < -0.3 is 20.1 Å². The molecule has 3 rings (SSSR count). The van der Waals surface area contributed by atoms with Crippen molar-refractivity contribution in [1.82, 2.24) is 25.3 Å². The number of ether oxygens (including phenoxy) is 2. The van der Waals surface area contributed by atoms with Crippen LogP contribution in [0.4, 0.5) is 22.4 Å². The van der Waals surface area contributed by atoms with Crippen LogP contribution in [0.3, 0.4) is 0 Å². The van der Waals surface area contributed by atoms with Crippen molar-refractivity contribution in [2.24, 2.45) is 7.05 Å². The number of hydrogen-bond acceptors (Lipinski definition) is 6. The van der Waals surface area contributed by atoms with Crippen LogP contribution in [0, 0.1) is 5.82 Å². The van der Waals surface area contributed by atoms with Gasteiger partial charge in [0.25, 0.3) is 5.91 Å². The highest BCUT2D eigenvalue weighted by Gasteiger charge is 2.39. The van der Waals surface area contributed by atoms with E-state index in [1.807, 2.05) is 0 Å².